The number of alkyl carbamates (subject to hydrolysis) is 1. The third kappa shape index (κ3) is 27.8. The van der Waals surface area contributed by atoms with E-state index in [1.54, 1.807) is 6.92 Å². The number of hydrogen-bond acceptors (Lipinski definition) is 10. The van der Waals surface area contributed by atoms with E-state index in [0.717, 1.165) is 61.1 Å². The molecule has 3 aromatic rings. The van der Waals surface area contributed by atoms with Crippen molar-refractivity contribution in [2.75, 3.05) is 13.1 Å². The smallest absolute Gasteiger partial charge is 0.407 e. The highest BCUT2D eigenvalue weighted by atomic mass is 16.7. The first-order chi connectivity index (χ1) is 36.2. The van der Waals surface area contributed by atoms with Crippen LogP contribution in [0.25, 0.3) is 0 Å². The Morgan fingerprint density at radius 2 is 1.08 bits per heavy atom. The maximum Gasteiger partial charge on any atom is 0.407 e. The summed E-state index contributed by atoms with van der Waals surface area (Å²) in [5.74, 6) is 0.0367. The fourth-order valence-corrected chi connectivity index (χ4v) is 9.22. The molecule has 1 saturated heterocycles. The summed E-state index contributed by atoms with van der Waals surface area (Å²) < 4.78 is 5.52. The third-order valence-electron chi connectivity index (χ3n) is 13.5. The molecular formula is C65H92N6O7. The van der Waals surface area contributed by atoms with E-state index in [2.05, 4.69) is 71.8 Å². The average molecular weight is 1070 g/mol. The van der Waals surface area contributed by atoms with Gasteiger partial charge in [0.25, 0.3) is 5.91 Å². The van der Waals surface area contributed by atoms with Crippen LogP contribution in [-0.2, 0) is 28.8 Å². The van der Waals surface area contributed by atoms with Crippen LogP contribution in [0.3, 0.4) is 0 Å². The molecule has 78 heavy (non-hydrogen) atoms. The molecule has 3 amide bonds. The lowest BCUT2D eigenvalue weighted by Crippen LogP contribution is -2.32. The number of amides is 3. The zero-order valence-electron chi connectivity index (χ0n) is 46.4. The van der Waals surface area contributed by atoms with Gasteiger partial charge in [-0.3, -0.25) is 9.59 Å². The highest BCUT2D eigenvalue weighted by Crippen LogP contribution is 2.37. The van der Waals surface area contributed by atoms with Crippen molar-refractivity contribution in [2.24, 2.45) is 16.2 Å². The van der Waals surface area contributed by atoms with E-state index in [-0.39, 0.29) is 74.2 Å². The number of benzene rings is 3. The lowest BCUT2D eigenvalue weighted by molar-refractivity contribution is -0.186. The number of carbonyl (C=O) groups excluding carboxylic acids is 5. The maximum absolute atomic E-state index is 12.3. The first-order valence-corrected chi connectivity index (χ1v) is 27.1. The summed E-state index contributed by atoms with van der Waals surface area (Å²) in [6.45, 7) is 17.9. The van der Waals surface area contributed by atoms with Gasteiger partial charge >= 0.3 is 12.1 Å². The van der Waals surface area contributed by atoms with E-state index in [0.29, 0.717) is 76.6 Å². The molecule has 3 aromatic carbocycles. The van der Waals surface area contributed by atoms with E-state index < -0.39 is 16.8 Å². The minimum atomic E-state index is -0.483. The van der Waals surface area contributed by atoms with Gasteiger partial charge in [0.05, 0.1) is 40.1 Å². The van der Waals surface area contributed by atoms with E-state index in [9.17, 15) is 34.5 Å². The topological polar surface area (TPSA) is 202 Å². The molecule has 0 aromatic heterocycles. The number of hydrogen-bond donors (Lipinski definition) is 2. The van der Waals surface area contributed by atoms with Gasteiger partial charge in [-0.2, -0.15) is 15.8 Å². The Labute approximate surface area is 468 Å². The van der Waals surface area contributed by atoms with Crippen LogP contribution in [0.1, 0.15) is 207 Å². The van der Waals surface area contributed by atoms with Crippen LogP contribution < -0.4 is 10.6 Å². The van der Waals surface area contributed by atoms with Gasteiger partial charge < -0.3 is 25.0 Å². The first kappa shape index (κ1) is 69.0. The van der Waals surface area contributed by atoms with Crippen molar-refractivity contribution < 1.29 is 33.5 Å². The summed E-state index contributed by atoms with van der Waals surface area (Å²) in [5.41, 5.74) is 2.73. The summed E-state index contributed by atoms with van der Waals surface area (Å²) in [4.78, 5) is 64.4. The molecule has 0 radical (unpaired) electrons. The van der Waals surface area contributed by atoms with Crippen molar-refractivity contribution >= 4 is 29.7 Å². The monoisotopic (exact) mass is 1070 g/mol. The van der Waals surface area contributed by atoms with Crippen LogP contribution in [0.15, 0.2) is 115 Å². The molecule has 2 N–H and O–H groups in total. The Hall–Kier alpha value is -7.04. The number of nitrogens with one attached hydrogen (secondary N) is 2. The standard InChI is InChI=1S/C27H39N3O3.C20H24N2O3.C16H21NO.2CH4/c1-27(2,21-28)20-23(22-12-7-6-8-13-22)16-17-25(31)29-18-11-19-30-26(32)33-24-14-9-4-3-5-10-15-24;1-15-9-11-18(23)22(15)25-19(24)12-10-17(13-20(2,3)14-21)16-7-5-4-6-8-16;1-13(18)9-10-15(11-16(2,3)12-17)14-7-5-4-6-8-14;;/h3-4,6-8,12-13,23-24H,5,9-11,14-20H2,1-2H3,(H,29,31)(H,30,32);4-8,17H,1,9-13H2,2-3H3;4-8,15H,9-11H2,1-3H3;2*1H4/b4-3+;;;;. The summed E-state index contributed by atoms with van der Waals surface area (Å²) in [6, 6.07) is 37.2. The van der Waals surface area contributed by atoms with Crippen molar-refractivity contribution in [2.45, 2.75) is 196 Å². The summed E-state index contributed by atoms with van der Waals surface area (Å²) in [7, 11) is 0. The van der Waals surface area contributed by atoms with Gasteiger partial charge in [-0.15, -0.1) is 5.06 Å². The van der Waals surface area contributed by atoms with Gasteiger partial charge in [0.1, 0.15) is 11.9 Å². The predicted octanol–water partition coefficient (Wildman–Crippen LogP) is 15.0. The normalized spacial score (nSPS) is 15.7. The number of carbonyl (C=O) groups is 5. The van der Waals surface area contributed by atoms with E-state index in [4.69, 9.17) is 14.8 Å². The van der Waals surface area contributed by atoms with Crippen LogP contribution in [0.5, 0.6) is 0 Å². The molecule has 1 heterocycles. The second-order valence-corrected chi connectivity index (χ2v) is 22.1. The van der Waals surface area contributed by atoms with E-state index in [1.807, 2.05) is 108 Å². The summed E-state index contributed by atoms with van der Waals surface area (Å²) >= 11 is 0. The molecule has 13 heteroatoms. The van der Waals surface area contributed by atoms with Gasteiger partial charge in [0.15, 0.2) is 0 Å². The van der Waals surface area contributed by atoms with Gasteiger partial charge in [-0.05, 0) is 166 Å². The second-order valence-electron chi connectivity index (χ2n) is 22.1. The lowest BCUT2D eigenvalue weighted by Gasteiger charge is -2.24. The molecule has 2 aliphatic rings. The number of allylic oxidation sites excluding steroid dienone is 3. The molecule has 0 spiro atoms. The highest BCUT2D eigenvalue weighted by molar-refractivity contribution is 5.82. The lowest BCUT2D eigenvalue weighted by atomic mass is 9.79. The zero-order valence-corrected chi connectivity index (χ0v) is 46.4. The quantitative estimate of drug-likeness (QED) is 0.0642. The number of rotatable bonds is 24. The summed E-state index contributed by atoms with van der Waals surface area (Å²) in [5, 5.41) is 34.6. The van der Waals surface area contributed by atoms with Gasteiger partial charge in [-0.25, -0.2) is 9.59 Å². The Bertz CT molecular complexity index is 2430. The Kier molecular flexibility index (Phi) is 31.9. The molecule has 5 rings (SSSR count). The minimum absolute atomic E-state index is 0. The van der Waals surface area contributed by atoms with Gasteiger partial charge in [0, 0.05) is 38.8 Å². The van der Waals surface area contributed by atoms with Crippen LogP contribution in [0, 0.1) is 50.2 Å². The molecule has 0 saturated carbocycles. The third-order valence-corrected chi connectivity index (χ3v) is 13.5. The largest absolute Gasteiger partial charge is 0.446 e. The maximum atomic E-state index is 12.3. The van der Waals surface area contributed by atoms with Crippen molar-refractivity contribution in [3.8, 4) is 18.2 Å². The summed E-state index contributed by atoms with van der Waals surface area (Å²) in [6.07, 6.45) is 15.7. The zero-order chi connectivity index (χ0) is 56.0. The first-order valence-electron chi connectivity index (χ1n) is 27.1. The fourth-order valence-electron chi connectivity index (χ4n) is 9.22. The molecule has 1 aliphatic carbocycles. The number of nitrogens with zero attached hydrogens (tertiary/aromatic N) is 4. The van der Waals surface area contributed by atoms with Crippen LogP contribution in [0.4, 0.5) is 4.79 Å². The molecule has 1 fully saturated rings. The Morgan fingerprint density at radius 3 is 1.51 bits per heavy atom. The molecule has 1 aliphatic heterocycles. The van der Waals surface area contributed by atoms with Gasteiger partial charge in [0.2, 0.25) is 5.91 Å². The number of nitriles is 3. The molecule has 4 atom stereocenters. The second kappa shape index (κ2) is 36.1. The fraction of sp³-hybridized carbons (Fsp3) is 0.538. The molecule has 13 nitrogen and oxygen atoms in total. The van der Waals surface area contributed by atoms with Crippen LogP contribution >= 0.6 is 0 Å². The molecular weight excluding hydrogens is 977 g/mol. The number of ketones is 1. The Morgan fingerprint density at radius 1 is 0.641 bits per heavy atom. The number of hydroxylamine groups is 2. The predicted molar refractivity (Wildman–Crippen MR) is 311 cm³/mol. The van der Waals surface area contributed by atoms with Gasteiger partial charge in [-0.1, -0.05) is 125 Å². The SMILES string of the molecule is C.C.C=C1CCC(=O)N1OC(=O)CCC(CC(C)(C)C#N)c1ccccc1.CC(=O)CCC(CC(C)(C)C#N)c1ccccc1.CC(C)(C#N)CC(CCC(=O)NCCCNC(=O)OC1CC/C=C/CCC1)c1ccccc1. The number of ether oxygens (including phenoxy) is 1. The molecule has 424 valence electrons. The van der Waals surface area contributed by atoms with Crippen molar-refractivity contribution in [3.05, 3.63) is 132 Å². The highest BCUT2D eigenvalue weighted by Gasteiger charge is 2.30. The van der Waals surface area contributed by atoms with E-state index in [1.165, 1.54) is 5.56 Å². The minimum Gasteiger partial charge on any atom is -0.446 e. The van der Waals surface area contributed by atoms with Crippen molar-refractivity contribution in [1.82, 2.24) is 15.7 Å². The van der Waals surface area contributed by atoms with Crippen molar-refractivity contribution in [3.63, 3.8) is 0 Å². The van der Waals surface area contributed by atoms with Crippen LogP contribution in [-0.4, -0.2) is 53.9 Å². The Balaban J connectivity index is 0.000000603. The molecule has 0 bridgehead atoms. The molecule has 4 unspecified atom stereocenters. The van der Waals surface area contributed by atoms with Crippen molar-refractivity contribution in [1.29, 1.82) is 15.8 Å². The van der Waals surface area contributed by atoms with E-state index >= 15 is 0 Å². The van der Waals surface area contributed by atoms with Crippen LogP contribution in [0.2, 0.25) is 0 Å². The number of Topliss-reactive ketones (excluding diaryl/α,β-unsaturated/α-hetero) is 1. The average Bonchev–Trinajstić information content (AvgIpc) is 3.71.